The first-order valence-electron chi connectivity index (χ1n) is 11.8. The fourth-order valence-corrected chi connectivity index (χ4v) is 5.04. The monoisotopic (exact) mass is 509 g/mol. The predicted octanol–water partition coefficient (Wildman–Crippen LogP) is 4.23. The van der Waals surface area contributed by atoms with Crippen molar-refractivity contribution in [2.75, 3.05) is 26.7 Å². The Kier molecular flexibility index (Phi) is 7.62. The summed E-state index contributed by atoms with van der Waals surface area (Å²) in [7, 11) is 1.68. The van der Waals surface area contributed by atoms with E-state index in [0.717, 1.165) is 10.5 Å². The zero-order chi connectivity index (χ0) is 26.2. The molecule has 3 rings (SSSR count). The molecule has 0 radical (unpaired) electrons. The molecule has 1 N–H and O–H groups in total. The van der Waals surface area contributed by atoms with Crippen LogP contribution in [0.5, 0.6) is 0 Å². The minimum absolute atomic E-state index is 0.0325. The Morgan fingerprint density at radius 1 is 1.23 bits per heavy atom. The van der Waals surface area contributed by atoms with Gasteiger partial charge < -0.3 is 24.4 Å². The SMILES string of the molecule is CN(C(=O)C1COC(C)(C)N1C(=O)O)[C@@]1(Cc2ccc(Cl)cc2)CCCN(C(=O)OC(C)(C)C)C1. The van der Waals surface area contributed by atoms with E-state index in [9.17, 15) is 19.5 Å². The number of carboxylic acid groups (broad SMARTS) is 1. The highest BCUT2D eigenvalue weighted by atomic mass is 35.5. The first-order valence-corrected chi connectivity index (χ1v) is 12.2. The molecule has 10 heteroatoms. The summed E-state index contributed by atoms with van der Waals surface area (Å²) < 4.78 is 11.3. The Labute approximate surface area is 211 Å². The van der Waals surface area contributed by atoms with Gasteiger partial charge in [0.25, 0.3) is 0 Å². The highest BCUT2D eigenvalue weighted by Crippen LogP contribution is 2.35. The largest absolute Gasteiger partial charge is 0.465 e. The molecule has 3 amide bonds. The lowest BCUT2D eigenvalue weighted by Crippen LogP contribution is -2.64. The summed E-state index contributed by atoms with van der Waals surface area (Å²) in [5.41, 5.74) is -1.58. The van der Waals surface area contributed by atoms with Crippen molar-refractivity contribution in [3.05, 3.63) is 34.9 Å². The Bertz CT molecular complexity index is 961. The van der Waals surface area contributed by atoms with Crippen molar-refractivity contribution in [3.8, 4) is 0 Å². The summed E-state index contributed by atoms with van der Waals surface area (Å²) >= 11 is 6.08. The van der Waals surface area contributed by atoms with Gasteiger partial charge in [0.05, 0.1) is 12.1 Å². The second kappa shape index (κ2) is 9.85. The summed E-state index contributed by atoms with van der Waals surface area (Å²) in [6.07, 6.45) is 0.123. The number of nitrogens with zero attached hydrogens (tertiary/aromatic N) is 3. The molecule has 2 atom stereocenters. The van der Waals surface area contributed by atoms with Crippen LogP contribution in [0, 0.1) is 0 Å². The summed E-state index contributed by atoms with van der Waals surface area (Å²) in [6, 6.07) is 6.41. The summed E-state index contributed by atoms with van der Waals surface area (Å²) in [5.74, 6) is -0.363. The topological polar surface area (TPSA) is 99.6 Å². The van der Waals surface area contributed by atoms with E-state index in [2.05, 4.69) is 0 Å². The molecule has 2 aliphatic rings. The van der Waals surface area contributed by atoms with Crippen LogP contribution in [0.1, 0.15) is 53.0 Å². The van der Waals surface area contributed by atoms with Crippen molar-refractivity contribution >= 4 is 29.7 Å². The maximum absolute atomic E-state index is 13.8. The number of rotatable bonds is 4. The molecule has 0 spiro atoms. The second-order valence-corrected chi connectivity index (χ2v) is 11.3. The Hall–Kier alpha value is -2.52. The number of carbonyl (C=O) groups excluding carboxylic acids is 2. The third kappa shape index (κ3) is 6.01. The van der Waals surface area contributed by atoms with E-state index in [-0.39, 0.29) is 19.1 Å². The van der Waals surface area contributed by atoms with E-state index < -0.39 is 35.1 Å². The van der Waals surface area contributed by atoms with Gasteiger partial charge in [-0.1, -0.05) is 23.7 Å². The van der Waals surface area contributed by atoms with Crippen molar-refractivity contribution in [1.82, 2.24) is 14.7 Å². The van der Waals surface area contributed by atoms with Crippen LogP contribution in [0.4, 0.5) is 9.59 Å². The van der Waals surface area contributed by atoms with Gasteiger partial charge in [-0.3, -0.25) is 9.69 Å². The quantitative estimate of drug-likeness (QED) is 0.652. The number of piperidine rings is 1. The normalized spacial score (nSPS) is 24.3. The lowest BCUT2D eigenvalue weighted by atomic mass is 9.81. The lowest BCUT2D eigenvalue weighted by Gasteiger charge is -2.49. The first-order chi connectivity index (χ1) is 16.2. The minimum atomic E-state index is -1.22. The van der Waals surface area contributed by atoms with Crippen LogP contribution in [-0.4, -0.2) is 87.6 Å². The van der Waals surface area contributed by atoms with Crippen LogP contribution >= 0.6 is 11.6 Å². The average molecular weight is 510 g/mol. The molecule has 35 heavy (non-hydrogen) atoms. The molecular formula is C25H36ClN3O6. The fourth-order valence-electron chi connectivity index (χ4n) is 4.92. The van der Waals surface area contributed by atoms with Gasteiger partial charge in [-0.25, -0.2) is 9.59 Å². The number of carbonyl (C=O) groups is 3. The van der Waals surface area contributed by atoms with Crippen LogP contribution < -0.4 is 0 Å². The highest BCUT2D eigenvalue weighted by Gasteiger charge is 2.51. The molecule has 2 saturated heterocycles. The lowest BCUT2D eigenvalue weighted by molar-refractivity contribution is -0.143. The van der Waals surface area contributed by atoms with Crippen molar-refractivity contribution < 1.29 is 29.0 Å². The van der Waals surface area contributed by atoms with Crippen LogP contribution in [0.3, 0.4) is 0 Å². The molecule has 2 fully saturated rings. The number of likely N-dealkylation sites (N-methyl/N-ethyl adjacent to an activating group) is 1. The zero-order valence-corrected chi connectivity index (χ0v) is 22.1. The molecule has 0 aliphatic carbocycles. The van der Waals surface area contributed by atoms with Gasteiger partial charge in [0, 0.05) is 25.2 Å². The van der Waals surface area contributed by atoms with Crippen LogP contribution in [-0.2, 0) is 20.7 Å². The number of benzene rings is 1. The average Bonchev–Trinajstić information content (AvgIpc) is 3.08. The maximum Gasteiger partial charge on any atom is 0.410 e. The van der Waals surface area contributed by atoms with Gasteiger partial charge in [0.15, 0.2) is 0 Å². The summed E-state index contributed by atoms with van der Waals surface area (Å²) in [6.45, 7) is 9.44. The number of hydrogen-bond acceptors (Lipinski definition) is 5. The zero-order valence-electron chi connectivity index (χ0n) is 21.3. The Balaban J connectivity index is 1.94. The molecule has 0 aromatic heterocycles. The molecular weight excluding hydrogens is 474 g/mol. The van der Waals surface area contributed by atoms with E-state index in [0.29, 0.717) is 30.8 Å². The van der Waals surface area contributed by atoms with Crippen LogP contribution in [0.15, 0.2) is 24.3 Å². The van der Waals surface area contributed by atoms with Gasteiger partial charge in [-0.2, -0.15) is 0 Å². The molecule has 0 saturated carbocycles. The van der Waals surface area contributed by atoms with Gasteiger partial charge in [0.1, 0.15) is 17.4 Å². The van der Waals surface area contributed by atoms with Crippen molar-refractivity contribution in [1.29, 1.82) is 0 Å². The molecule has 0 bridgehead atoms. The smallest absolute Gasteiger partial charge is 0.410 e. The molecule has 1 unspecified atom stereocenters. The highest BCUT2D eigenvalue weighted by molar-refractivity contribution is 6.30. The molecule has 194 valence electrons. The third-order valence-electron chi connectivity index (χ3n) is 6.67. The van der Waals surface area contributed by atoms with Crippen molar-refractivity contribution in [2.24, 2.45) is 0 Å². The summed E-state index contributed by atoms with van der Waals surface area (Å²) in [4.78, 5) is 43.1. The summed E-state index contributed by atoms with van der Waals surface area (Å²) in [5, 5.41) is 10.4. The Morgan fingerprint density at radius 3 is 2.43 bits per heavy atom. The fraction of sp³-hybridized carbons (Fsp3) is 0.640. The van der Waals surface area contributed by atoms with E-state index in [4.69, 9.17) is 21.1 Å². The second-order valence-electron chi connectivity index (χ2n) is 10.9. The van der Waals surface area contributed by atoms with Gasteiger partial charge in [-0.15, -0.1) is 0 Å². The van der Waals surface area contributed by atoms with Crippen molar-refractivity contribution in [3.63, 3.8) is 0 Å². The number of ether oxygens (including phenoxy) is 2. The Morgan fingerprint density at radius 2 is 1.86 bits per heavy atom. The van der Waals surface area contributed by atoms with Gasteiger partial charge >= 0.3 is 12.2 Å². The van der Waals surface area contributed by atoms with E-state index in [1.54, 1.807) is 42.8 Å². The van der Waals surface area contributed by atoms with Crippen LogP contribution in [0.25, 0.3) is 0 Å². The molecule has 1 aromatic carbocycles. The van der Waals surface area contributed by atoms with E-state index >= 15 is 0 Å². The molecule has 1 aromatic rings. The maximum atomic E-state index is 13.8. The van der Waals surface area contributed by atoms with E-state index in [1.807, 2.05) is 32.9 Å². The number of halogens is 1. The predicted molar refractivity (Wildman–Crippen MR) is 131 cm³/mol. The molecule has 2 heterocycles. The van der Waals surface area contributed by atoms with Crippen molar-refractivity contribution in [2.45, 2.75) is 76.8 Å². The standard InChI is InChI=1S/C25H36ClN3O6/c1-23(2,3)35-22(33)28-13-7-12-25(16-28,14-17-8-10-18(26)11-9-17)27(6)20(30)19-15-34-24(4,5)29(19)21(31)32/h8-11,19H,7,12-16H2,1-6H3,(H,31,32)/t19?,25-/m1/s1. The van der Waals surface area contributed by atoms with E-state index in [1.165, 1.54) is 0 Å². The third-order valence-corrected chi connectivity index (χ3v) is 6.92. The number of amides is 3. The first kappa shape index (κ1) is 27.1. The van der Waals surface area contributed by atoms with Gasteiger partial charge in [-0.05, 0) is 71.6 Å². The minimum Gasteiger partial charge on any atom is -0.465 e. The molecule has 9 nitrogen and oxygen atoms in total. The van der Waals surface area contributed by atoms with Crippen LogP contribution in [0.2, 0.25) is 5.02 Å². The molecule has 2 aliphatic heterocycles. The number of likely N-dealkylation sites (tertiary alicyclic amines) is 1. The van der Waals surface area contributed by atoms with Gasteiger partial charge in [0.2, 0.25) is 5.91 Å². The number of hydrogen-bond donors (Lipinski definition) is 1.